The smallest absolute Gasteiger partial charge is 0.216 e. The highest BCUT2D eigenvalue weighted by Crippen LogP contribution is 2.27. The summed E-state index contributed by atoms with van der Waals surface area (Å²) in [5.41, 5.74) is 7.56. The molecule has 1 atom stereocenters. The number of aromatic nitrogens is 2. The summed E-state index contributed by atoms with van der Waals surface area (Å²) < 4.78 is 6.99. The number of aliphatic hydroxyl groups is 1. The zero-order chi connectivity index (χ0) is 12.1. The molecule has 0 aliphatic heterocycles. The molecule has 0 fully saturated rings. The summed E-state index contributed by atoms with van der Waals surface area (Å²) in [7, 11) is 3.44. The van der Waals surface area contributed by atoms with Crippen LogP contribution >= 0.6 is 0 Å². The molecule has 0 amide bonds. The molecule has 1 heterocycles. The Bertz CT molecular complexity index is 338. The number of rotatable bonds is 6. The van der Waals surface area contributed by atoms with Crippen molar-refractivity contribution in [2.45, 2.75) is 13.0 Å². The van der Waals surface area contributed by atoms with Crippen LogP contribution in [0.2, 0.25) is 0 Å². The van der Waals surface area contributed by atoms with Crippen LogP contribution < -0.4 is 15.8 Å². The number of hydrogen-bond donors (Lipinski definition) is 3. The SMILES string of the molecule is COc1c(C(CN)NCCO)c(C)nn1C. The monoisotopic (exact) mass is 228 g/mol. The minimum atomic E-state index is -0.0456. The summed E-state index contributed by atoms with van der Waals surface area (Å²) in [6.45, 7) is 2.93. The van der Waals surface area contributed by atoms with Crippen molar-refractivity contribution in [3.63, 3.8) is 0 Å². The average molecular weight is 228 g/mol. The Morgan fingerprint density at radius 3 is 2.81 bits per heavy atom. The van der Waals surface area contributed by atoms with Crippen LogP contribution in [0.1, 0.15) is 17.3 Å². The molecule has 16 heavy (non-hydrogen) atoms. The van der Waals surface area contributed by atoms with Crippen LogP contribution in [0.15, 0.2) is 0 Å². The fourth-order valence-electron chi connectivity index (χ4n) is 1.84. The lowest BCUT2D eigenvalue weighted by Crippen LogP contribution is -2.31. The van der Waals surface area contributed by atoms with Gasteiger partial charge in [-0.1, -0.05) is 0 Å². The second-order valence-corrected chi connectivity index (χ2v) is 3.60. The third kappa shape index (κ3) is 2.52. The normalized spacial score (nSPS) is 12.8. The zero-order valence-corrected chi connectivity index (χ0v) is 10.0. The Labute approximate surface area is 95.4 Å². The van der Waals surface area contributed by atoms with Gasteiger partial charge in [-0.3, -0.25) is 0 Å². The van der Waals surface area contributed by atoms with Crippen molar-refractivity contribution < 1.29 is 9.84 Å². The molecule has 6 heteroatoms. The Morgan fingerprint density at radius 2 is 2.31 bits per heavy atom. The number of aryl methyl sites for hydroxylation is 2. The molecule has 0 aromatic carbocycles. The van der Waals surface area contributed by atoms with Crippen LogP contribution in [0.5, 0.6) is 5.88 Å². The van der Waals surface area contributed by atoms with Crippen LogP contribution in [0.25, 0.3) is 0 Å². The molecule has 0 bridgehead atoms. The van der Waals surface area contributed by atoms with E-state index >= 15 is 0 Å². The lowest BCUT2D eigenvalue weighted by molar-refractivity contribution is 0.283. The Morgan fingerprint density at radius 1 is 1.62 bits per heavy atom. The van der Waals surface area contributed by atoms with E-state index in [2.05, 4.69) is 10.4 Å². The van der Waals surface area contributed by atoms with Crippen molar-refractivity contribution in [1.82, 2.24) is 15.1 Å². The van der Waals surface area contributed by atoms with E-state index in [0.29, 0.717) is 19.0 Å². The van der Waals surface area contributed by atoms with E-state index in [1.807, 2.05) is 14.0 Å². The predicted octanol–water partition coefficient (Wildman–Crippen LogP) is -0.681. The number of hydrogen-bond acceptors (Lipinski definition) is 5. The van der Waals surface area contributed by atoms with E-state index in [-0.39, 0.29) is 12.6 Å². The van der Waals surface area contributed by atoms with Gasteiger partial charge in [0, 0.05) is 20.1 Å². The maximum absolute atomic E-state index is 8.80. The molecule has 0 saturated heterocycles. The van der Waals surface area contributed by atoms with Crippen molar-refractivity contribution in [2.24, 2.45) is 12.8 Å². The summed E-state index contributed by atoms with van der Waals surface area (Å²) in [5, 5.41) is 16.3. The Kier molecular flexibility index (Phi) is 4.72. The molecule has 1 aromatic heterocycles. The molecular weight excluding hydrogens is 208 g/mol. The zero-order valence-electron chi connectivity index (χ0n) is 10.0. The van der Waals surface area contributed by atoms with E-state index in [4.69, 9.17) is 15.6 Å². The van der Waals surface area contributed by atoms with Gasteiger partial charge in [0.1, 0.15) is 0 Å². The number of nitrogens with two attached hydrogens (primary N) is 1. The van der Waals surface area contributed by atoms with Gasteiger partial charge in [-0.25, -0.2) is 4.68 Å². The molecule has 0 aliphatic rings. The molecule has 92 valence electrons. The fraction of sp³-hybridized carbons (Fsp3) is 0.700. The number of aliphatic hydroxyl groups excluding tert-OH is 1. The third-order valence-corrected chi connectivity index (χ3v) is 2.49. The van der Waals surface area contributed by atoms with E-state index < -0.39 is 0 Å². The summed E-state index contributed by atoms with van der Waals surface area (Å²) in [6, 6.07) is -0.0456. The van der Waals surface area contributed by atoms with Crippen LogP contribution in [0, 0.1) is 6.92 Å². The summed E-state index contributed by atoms with van der Waals surface area (Å²) in [6.07, 6.45) is 0. The van der Waals surface area contributed by atoms with Gasteiger partial charge >= 0.3 is 0 Å². The van der Waals surface area contributed by atoms with Crippen molar-refractivity contribution in [3.8, 4) is 5.88 Å². The highest BCUT2D eigenvalue weighted by atomic mass is 16.5. The van der Waals surface area contributed by atoms with Gasteiger partial charge in [0.05, 0.1) is 31.0 Å². The largest absolute Gasteiger partial charge is 0.481 e. The van der Waals surface area contributed by atoms with Gasteiger partial charge in [-0.2, -0.15) is 5.10 Å². The predicted molar refractivity (Wildman–Crippen MR) is 61.4 cm³/mol. The summed E-state index contributed by atoms with van der Waals surface area (Å²) in [5.74, 6) is 0.707. The van der Waals surface area contributed by atoms with Crippen LogP contribution in [-0.4, -0.2) is 41.7 Å². The molecule has 0 saturated carbocycles. The first kappa shape index (κ1) is 13.0. The van der Waals surface area contributed by atoms with E-state index in [9.17, 15) is 0 Å². The van der Waals surface area contributed by atoms with Crippen molar-refractivity contribution in [2.75, 3.05) is 26.8 Å². The second kappa shape index (κ2) is 5.83. The Balaban J connectivity index is 2.98. The van der Waals surface area contributed by atoms with Crippen LogP contribution in [0.3, 0.4) is 0 Å². The summed E-state index contributed by atoms with van der Waals surface area (Å²) in [4.78, 5) is 0. The van der Waals surface area contributed by atoms with Crippen LogP contribution in [0.4, 0.5) is 0 Å². The topological polar surface area (TPSA) is 85.3 Å². The van der Waals surface area contributed by atoms with Gasteiger partial charge in [-0.05, 0) is 6.92 Å². The number of nitrogens with one attached hydrogen (secondary N) is 1. The molecule has 6 nitrogen and oxygen atoms in total. The number of ether oxygens (including phenoxy) is 1. The first-order chi connectivity index (χ1) is 7.65. The highest BCUT2D eigenvalue weighted by molar-refractivity contribution is 5.34. The lowest BCUT2D eigenvalue weighted by Gasteiger charge is -2.17. The molecule has 4 N–H and O–H groups in total. The fourth-order valence-corrected chi connectivity index (χ4v) is 1.84. The van der Waals surface area contributed by atoms with Crippen molar-refractivity contribution in [1.29, 1.82) is 0 Å². The average Bonchev–Trinajstić information content (AvgIpc) is 2.55. The second-order valence-electron chi connectivity index (χ2n) is 3.60. The molecule has 0 aliphatic carbocycles. The number of nitrogens with zero attached hydrogens (tertiary/aromatic N) is 2. The molecule has 1 aromatic rings. The summed E-state index contributed by atoms with van der Waals surface area (Å²) >= 11 is 0. The quantitative estimate of drug-likeness (QED) is 0.600. The number of methoxy groups -OCH3 is 1. The van der Waals surface area contributed by atoms with Gasteiger partial charge in [0.15, 0.2) is 0 Å². The highest BCUT2D eigenvalue weighted by Gasteiger charge is 2.21. The van der Waals surface area contributed by atoms with E-state index in [1.165, 1.54) is 0 Å². The molecule has 1 unspecified atom stereocenters. The molecular formula is C10H20N4O2. The van der Waals surface area contributed by atoms with Crippen LogP contribution in [-0.2, 0) is 7.05 Å². The maximum Gasteiger partial charge on any atom is 0.216 e. The van der Waals surface area contributed by atoms with E-state index in [0.717, 1.165) is 11.3 Å². The van der Waals surface area contributed by atoms with Gasteiger partial charge in [-0.15, -0.1) is 0 Å². The van der Waals surface area contributed by atoms with Gasteiger partial charge in [0.25, 0.3) is 0 Å². The first-order valence-corrected chi connectivity index (χ1v) is 5.27. The standard InChI is InChI=1S/C10H20N4O2/c1-7-9(8(6-11)12-4-5-15)10(16-3)14(2)13-7/h8,12,15H,4-6,11H2,1-3H3. The van der Waals surface area contributed by atoms with Gasteiger partial charge < -0.3 is 20.9 Å². The van der Waals surface area contributed by atoms with Crippen molar-refractivity contribution >= 4 is 0 Å². The molecule has 1 rings (SSSR count). The lowest BCUT2D eigenvalue weighted by atomic mass is 10.1. The molecule has 0 radical (unpaired) electrons. The maximum atomic E-state index is 8.80. The minimum Gasteiger partial charge on any atom is -0.481 e. The van der Waals surface area contributed by atoms with Crippen molar-refractivity contribution in [3.05, 3.63) is 11.3 Å². The molecule has 0 spiro atoms. The third-order valence-electron chi connectivity index (χ3n) is 2.49. The first-order valence-electron chi connectivity index (χ1n) is 5.27. The van der Waals surface area contributed by atoms with Gasteiger partial charge in [0.2, 0.25) is 5.88 Å². The van der Waals surface area contributed by atoms with E-state index in [1.54, 1.807) is 11.8 Å². The minimum absolute atomic E-state index is 0.0456. The Hall–Kier alpha value is -1.11.